The summed E-state index contributed by atoms with van der Waals surface area (Å²) in [6.45, 7) is 12.3. The number of nitrogens with zero attached hydrogens (tertiary/aromatic N) is 1. The van der Waals surface area contributed by atoms with Crippen LogP contribution >= 0.6 is 0 Å². The predicted molar refractivity (Wildman–Crippen MR) is 63.5 cm³/mol. The number of rotatable bonds is 4. The molecule has 0 aromatic rings. The second kappa shape index (κ2) is 5.14. The molecular weight excluding hydrogens is 206 g/mol. The molecule has 0 spiro atoms. The highest BCUT2D eigenvalue weighted by molar-refractivity contribution is 5.88. The van der Waals surface area contributed by atoms with E-state index in [1.165, 1.54) is 4.90 Å². The van der Waals surface area contributed by atoms with Gasteiger partial charge >= 0.3 is 6.09 Å². The Morgan fingerprint density at radius 2 is 1.81 bits per heavy atom. The van der Waals surface area contributed by atoms with Crippen LogP contribution in [-0.2, 0) is 4.79 Å². The van der Waals surface area contributed by atoms with E-state index in [1.54, 1.807) is 34.6 Å². The molecule has 4 heteroatoms. The smallest absolute Gasteiger partial charge is 0.408 e. The normalized spacial score (nSPS) is 13.1. The first-order chi connectivity index (χ1) is 7.07. The van der Waals surface area contributed by atoms with E-state index in [0.29, 0.717) is 0 Å². The summed E-state index contributed by atoms with van der Waals surface area (Å²) in [6.07, 6.45) is -0.851. The molecule has 0 aliphatic carbocycles. The monoisotopic (exact) mass is 227 g/mol. The van der Waals surface area contributed by atoms with Gasteiger partial charge in [-0.2, -0.15) is 0 Å². The number of Topliss-reactive ketones (excluding diaryl/α,β-unsaturated/α-hetero) is 1. The zero-order chi connectivity index (χ0) is 13.1. The number of amides is 1. The Morgan fingerprint density at radius 1 is 1.38 bits per heavy atom. The van der Waals surface area contributed by atoms with Gasteiger partial charge in [-0.15, -0.1) is 0 Å². The van der Waals surface area contributed by atoms with Crippen molar-refractivity contribution in [2.75, 3.05) is 0 Å². The summed E-state index contributed by atoms with van der Waals surface area (Å²) in [5, 5.41) is 9.11. The largest absolute Gasteiger partial charge is 0.465 e. The lowest BCUT2D eigenvalue weighted by atomic mass is 9.99. The Hall–Kier alpha value is -1.32. The summed E-state index contributed by atoms with van der Waals surface area (Å²) in [4.78, 5) is 24.1. The third-order valence-electron chi connectivity index (χ3n) is 2.26. The number of hydrogen-bond acceptors (Lipinski definition) is 2. The number of carbonyl (C=O) groups excluding carboxylic acids is 1. The van der Waals surface area contributed by atoms with Gasteiger partial charge in [0.15, 0.2) is 5.78 Å². The van der Waals surface area contributed by atoms with Crippen molar-refractivity contribution >= 4 is 11.9 Å². The third kappa shape index (κ3) is 4.04. The van der Waals surface area contributed by atoms with Gasteiger partial charge in [-0.25, -0.2) is 4.79 Å². The van der Waals surface area contributed by atoms with Gasteiger partial charge in [0, 0.05) is 12.0 Å². The van der Waals surface area contributed by atoms with E-state index in [0.717, 1.165) is 5.57 Å². The van der Waals surface area contributed by atoms with Crippen LogP contribution in [0.5, 0.6) is 0 Å². The van der Waals surface area contributed by atoms with E-state index in [-0.39, 0.29) is 12.2 Å². The minimum Gasteiger partial charge on any atom is -0.465 e. The standard InChI is InChI=1S/C12H21NO3/c1-8(2)7-10(14)9(3)13(11(15)16)12(4,5)6/h9H,1,7H2,2-6H3,(H,15,16)/t9-/m0/s1. The van der Waals surface area contributed by atoms with Crippen molar-refractivity contribution in [1.82, 2.24) is 4.90 Å². The van der Waals surface area contributed by atoms with Gasteiger partial charge in [0.05, 0.1) is 6.04 Å². The maximum Gasteiger partial charge on any atom is 0.408 e. The molecule has 16 heavy (non-hydrogen) atoms. The highest BCUT2D eigenvalue weighted by Gasteiger charge is 2.33. The second-order valence-electron chi connectivity index (χ2n) is 5.10. The first-order valence-electron chi connectivity index (χ1n) is 5.26. The quantitative estimate of drug-likeness (QED) is 0.751. The summed E-state index contributed by atoms with van der Waals surface area (Å²) < 4.78 is 0. The second-order valence-corrected chi connectivity index (χ2v) is 5.10. The lowest BCUT2D eigenvalue weighted by Crippen LogP contribution is -2.52. The average Bonchev–Trinajstić information content (AvgIpc) is 1.98. The SMILES string of the molecule is C=C(C)CC(=O)[C@H](C)N(C(=O)O)C(C)(C)C. The number of carbonyl (C=O) groups is 2. The van der Waals surface area contributed by atoms with Gasteiger partial charge in [0.2, 0.25) is 0 Å². The van der Waals surface area contributed by atoms with Crippen LogP contribution in [0.3, 0.4) is 0 Å². The fourth-order valence-corrected chi connectivity index (χ4v) is 1.62. The molecule has 0 fully saturated rings. The van der Waals surface area contributed by atoms with Crippen LogP contribution in [0.15, 0.2) is 12.2 Å². The van der Waals surface area contributed by atoms with Crippen molar-refractivity contribution < 1.29 is 14.7 Å². The molecule has 0 saturated carbocycles. The van der Waals surface area contributed by atoms with Gasteiger partial charge in [-0.1, -0.05) is 12.2 Å². The molecule has 1 amide bonds. The zero-order valence-electron chi connectivity index (χ0n) is 10.7. The van der Waals surface area contributed by atoms with Crippen LogP contribution in [0.2, 0.25) is 0 Å². The van der Waals surface area contributed by atoms with Crippen LogP contribution in [-0.4, -0.2) is 33.5 Å². The Morgan fingerprint density at radius 3 is 2.06 bits per heavy atom. The predicted octanol–water partition coefficient (Wildman–Crippen LogP) is 2.69. The molecular formula is C12H21NO3. The lowest BCUT2D eigenvalue weighted by molar-refractivity contribution is -0.124. The molecule has 92 valence electrons. The molecule has 0 unspecified atom stereocenters. The Bertz CT molecular complexity index is 302. The fourth-order valence-electron chi connectivity index (χ4n) is 1.62. The maximum absolute atomic E-state index is 11.8. The van der Waals surface area contributed by atoms with Gasteiger partial charge in [-0.3, -0.25) is 9.69 Å². The molecule has 0 heterocycles. The molecule has 0 aromatic heterocycles. The molecule has 4 nitrogen and oxygen atoms in total. The first-order valence-corrected chi connectivity index (χ1v) is 5.26. The average molecular weight is 227 g/mol. The van der Waals surface area contributed by atoms with E-state index < -0.39 is 17.7 Å². The van der Waals surface area contributed by atoms with Gasteiger partial charge in [0.25, 0.3) is 0 Å². The van der Waals surface area contributed by atoms with E-state index >= 15 is 0 Å². The van der Waals surface area contributed by atoms with Crippen LogP contribution < -0.4 is 0 Å². The number of hydrogen-bond donors (Lipinski definition) is 1. The van der Waals surface area contributed by atoms with E-state index in [1.807, 2.05) is 0 Å². The minimum absolute atomic E-state index is 0.121. The van der Waals surface area contributed by atoms with E-state index in [4.69, 9.17) is 5.11 Å². The van der Waals surface area contributed by atoms with Gasteiger partial charge in [-0.05, 0) is 34.6 Å². The molecule has 0 aromatic carbocycles. The third-order valence-corrected chi connectivity index (χ3v) is 2.26. The minimum atomic E-state index is -1.07. The van der Waals surface area contributed by atoms with E-state index in [9.17, 15) is 9.59 Å². The summed E-state index contributed by atoms with van der Waals surface area (Å²) in [7, 11) is 0. The molecule has 0 saturated heterocycles. The highest BCUT2D eigenvalue weighted by Crippen LogP contribution is 2.19. The topological polar surface area (TPSA) is 57.6 Å². The summed E-state index contributed by atoms with van der Waals surface area (Å²) >= 11 is 0. The van der Waals surface area contributed by atoms with Crippen molar-refractivity contribution in [3.05, 3.63) is 12.2 Å². The summed E-state index contributed by atoms with van der Waals surface area (Å²) in [5.41, 5.74) is 0.159. The van der Waals surface area contributed by atoms with E-state index in [2.05, 4.69) is 6.58 Å². The highest BCUT2D eigenvalue weighted by atomic mass is 16.4. The van der Waals surface area contributed by atoms with Crippen molar-refractivity contribution in [1.29, 1.82) is 0 Å². The molecule has 1 N–H and O–H groups in total. The van der Waals surface area contributed by atoms with Crippen molar-refractivity contribution in [2.45, 2.75) is 52.6 Å². The van der Waals surface area contributed by atoms with Crippen molar-refractivity contribution in [3.63, 3.8) is 0 Å². The van der Waals surface area contributed by atoms with Gasteiger partial charge in [0.1, 0.15) is 0 Å². The lowest BCUT2D eigenvalue weighted by Gasteiger charge is -2.37. The molecule has 0 radical (unpaired) electrons. The van der Waals surface area contributed by atoms with Crippen LogP contribution in [0, 0.1) is 0 Å². The maximum atomic E-state index is 11.8. The van der Waals surface area contributed by atoms with Crippen molar-refractivity contribution in [2.24, 2.45) is 0 Å². The molecule has 0 aliphatic rings. The number of allylic oxidation sites excluding steroid dienone is 1. The molecule has 0 bridgehead atoms. The number of carboxylic acid groups (broad SMARTS) is 1. The zero-order valence-corrected chi connectivity index (χ0v) is 10.7. The van der Waals surface area contributed by atoms with Crippen molar-refractivity contribution in [3.8, 4) is 0 Å². The number of ketones is 1. The Balaban J connectivity index is 4.89. The Labute approximate surface area is 96.9 Å². The fraction of sp³-hybridized carbons (Fsp3) is 0.667. The van der Waals surface area contributed by atoms with Crippen LogP contribution in [0.1, 0.15) is 41.0 Å². The van der Waals surface area contributed by atoms with Crippen LogP contribution in [0.4, 0.5) is 4.79 Å². The first kappa shape index (κ1) is 14.7. The molecule has 0 aliphatic heterocycles. The molecule has 1 atom stereocenters. The van der Waals surface area contributed by atoms with Crippen LogP contribution in [0.25, 0.3) is 0 Å². The summed E-state index contributed by atoms with van der Waals surface area (Å²) in [5.74, 6) is -0.121. The summed E-state index contributed by atoms with van der Waals surface area (Å²) in [6, 6.07) is -0.644. The molecule has 0 rings (SSSR count). The Kier molecular flexibility index (Phi) is 4.72. The van der Waals surface area contributed by atoms with Gasteiger partial charge < -0.3 is 5.11 Å².